The summed E-state index contributed by atoms with van der Waals surface area (Å²) in [6.07, 6.45) is 3.08. The minimum Gasteiger partial charge on any atom is -0.493 e. The van der Waals surface area contributed by atoms with Gasteiger partial charge in [-0.2, -0.15) is 9.67 Å². The van der Waals surface area contributed by atoms with Crippen LogP contribution in [0.5, 0.6) is 11.5 Å². The molecule has 0 amide bonds. The van der Waals surface area contributed by atoms with Gasteiger partial charge >= 0.3 is 0 Å². The number of anilines is 3. The maximum Gasteiger partial charge on any atom is 0.248 e. The molecule has 142 valence electrons. The van der Waals surface area contributed by atoms with Gasteiger partial charge in [-0.1, -0.05) is 0 Å². The number of rotatable bonds is 5. The molecule has 3 aromatic heterocycles. The molecule has 0 unspecified atom stereocenters. The molecule has 0 saturated carbocycles. The van der Waals surface area contributed by atoms with Gasteiger partial charge in [-0.25, -0.2) is 15.0 Å². The summed E-state index contributed by atoms with van der Waals surface area (Å²) in [6, 6.07) is 7.18. The third-order valence-electron chi connectivity index (χ3n) is 3.94. The third kappa shape index (κ3) is 3.27. The van der Waals surface area contributed by atoms with E-state index in [0.29, 0.717) is 34.2 Å². The van der Waals surface area contributed by atoms with Gasteiger partial charge in [0.2, 0.25) is 11.9 Å². The number of hydrogen-bond donors (Lipinski definition) is 2. The van der Waals surface area contributed by atoms with Crippen molar-refractivity contribution in [1.82, 2.24) is 29.7 Å². The number of nitrogens with zero attached hydrogens (tertiary/aromatic N) is 6. The predicted octanol–water partition coefficient (Wildman–Crippen LogP) is 2.71. The van der Waals surface area contributed by atoms with Crippen LogP contribution in [0, 0.1) is 0 Å². The zero-order valence-corrected chi connectivity index (χ0v) is 16.5. The SMILES string of the molecule is COc1cc2ncnc(-n3nc(Nc4ccc(Br)nc4)nc3N)c2cc1OC. The Balaban J connectivity index is 1.77. The lowest BCUT2D eigenvalue weighted by Crippen LogP contribution is -2.06. The summed E-state index contributed by atoms with van der Waals surface area (Å²) in [5.74, 6) is 2.06. The molecule has 0 aliphatic heterocycles. The van der Waals surface area contributed by atoms with Crippen molar-refractivity contribution >= 4 is 44.4 Å². The molecule has 0 aliphatic carbocycles. The number of hydrogen-bond acceptors (Lipinski definition) is 9. The van der Waals surface area contributed by atoms with Crippen molar-refractivity contribution in [2.75, 3.05) is 25.3 Å². The van der Waals surface area contributed by atoms with E-state index in [-0.39, 0.29) is 5.95 Å². The van der Waals surface area contributed by atoms with Crippen molar-refractivity contribution in [1.29, 1.82) is 0 Å². The van der Waals surface area contributed by atoms with Crippen molar-refractivity contribution in [3.63, 3.8) is 0 Å². The average Bonchev–Trinajstić information content (AvgIpc) is 3.07. The van der Waals surface area contributed by atoms with E-state index in [0.717, 1.165) is 10.3 Å². The van der Waals surface area contributed by atoms with Crippen molar-refractivity contribution < 1.29 is 9.47 Å². The molecular formula is C17H15BrN8O2. The summed E-state index contributed by atoms with van der Waals surface area (Å²) in [5, 5.41) is 8.16. The van der Waals surface area contributed by atoms with E-state index in [1.54, 1.807) is 38.6 Å². The van der Waals surface area contributed by atoms with Crippen LogP contribution in [0.4, 0.5) is 17.6 Å². The molecule has 3 heterocycles. The molecule has 4 aromatic rings. The number of methoxy groups -OCH3 is 2. The van der Waals surface area contributed by atoms with Crippen LogP contribution < -0.4 is 20.5 Å². The summed E-state index contributed by atoms with van der Waals surface area (Å²) in [4.78, 5) is 17.0. The lowest BCUT2D eigenvalue weighted by Gasteiger charge is -2.11. The summed E-state index contributed by atoms with van der Waals surface area (Å²) in [7, 11) is 3.13. The Morgan fingerprint density at radius 3 is 2.57 bits per heavy atom. The molecule has 0 saturated heterocycles. The third-order valence-corrected chi connectivity index (χ3v) is 4.41. The van der Waals surface area contributed by atoms with E-state index in [4.69, 9.17) is 15.2 Å². The number of nitrogens with two attached hydrogens (primary N) is 1. The highest BCUT2D eigenvalue weighted by atomic mass is 79.9. The van der Waals surface area contributed by atoms with Gasteiger partial charge < -0.3 is 20.5 Å². The molecule has 1 aromatic carbocycles. The maximum atomic E-state index is 6.08. The zero-order chi connectivity index (χ0) is 19.7. The monoisotopic (exact) mass is 442 g/mol. The first-order chi connectivity index (χ1) is 13.6. The Labute approximate surface area is 167 Å². The molecule has 0 fully saturated rings. The number of ether oxygens (including phenoxy) is 2. The zero-order valence-electron chi connectivity index (χ0n) is 14.9. The molecular weight excluding hydrogens is 428 g/mol. The van der Waals surface area contributed by atoms with E-state index >= 15 is 0 Å². The molecule has 0 bridgehead atoms. The van der Waals surface area contributed by atoms with Gasteiger partial charge in [0, 0.05) is 11.5 Å². The molecule has 0 radical (unpaired) electrons. The normalized spacial score (nSPS) is 10.8. The number of halogens is 1. The fourth-order valence-corrected chi connectivity index (χ4v) is 2.88. The standard InChI is InChI=1S/C17H15BrN8O2/c1-27-12-5-10-11(6-13(12)28-2)21-8-22-15(10)26-16(19)24-17(25-26)23-9-3-4-14(18)20-7-9/h3-8H,1-2H3,(H3,19,23,24,25). The summed E-state index contributed by atoms with van der Waals surface area (Å²) in [6.45, 7) is 0. The molecule has 3 N–H and O–H groups in total. The van der Waals surface area contributed by atoms with Crippen LogP contribution in [-0.2, 0) is 0 Å². The van der Waals surface area contributed by atoms with Crippen molar-refractivity contribution in [3.8, 4) is 17.3 Å². The van der Waals surface area contributed by atoms with Crippen LogP contribution >= 0.6 is 15.9 Å². The first kappa shape index (κ1) is 17.9. The number of benzene rings is 1. The van der Waals surface area contributed by atoms with E-state index in [9.17, 15) is 0 Å². The fourth-order valence-electron chi connectivity index (χ4n) is 2.65. The lowest BCUT2D eigenvalue weighted by atomic mass is 10.2. The number of aromatic nitrogens is 6. The van der Waals surface area contributed by atoms with Crippen LogP contribution in [0.1, 0.15) is 0 Å². The van der Waals surface area contributed by atoms with Crippen molar-refractivity contribution in [3.05, 3.63) is 41.4 Å². The number of pyridine rings is 1. The fraction of sp³-hybridized carbons (Fsp3) is 0.118. The van der Waals surface area contributed by atoms with E-state index in [1.165, 1.54) is 11.0 Å². The van der Waals surface area contributed by atoms with Gasteiger partial charge in [0.1, 0.15) is 10.9 Å². The molecule has 10 nitrogen and oxygen atoms in total. The summed E-state index contributed by atoms with van der Waals surface area (Å²) < 4.78 is 12.9. The Hall–Kier alpha value is -3.47. The number of nitrogen functional groups attached to an aromatic ring is 1. The van der Waals surface area contributed by atoms with Gasteiger partial charge in [0.05, 0.1) is 31.6 Å². The summed E-state index contributed by atoms with van der Waals surface area (Å²) >= 11 is 3.29. The lowest BCUT2D eigenvalue weighted by molar-refractivity contribution is 0.355. The Bertz CT molecular complexity index is 1150. The predicted molar refractivity (Wildman–Crippen MR) is 107 cm³/mol. The highest BCUT2D eigenvalue weighted by Crippen LogP contribution is 2.33. The van der Waals surface area contributed by atoms with Crippen LogP contribution in [0.3, 0.4) is 0 Å². The molecule has 0 atom stereocenters. The Morgan fingerprint density at radius 1 is 1.07 bits per heavy atom. The Morgan fingerprint density at radius 2 is 1.86 bits per heavy atom. The van der Waals surface area contributed by atoms with Gasteiger partial charge in [-0.05, 0) is 34.1 Å². The molecule has 4 rings (SSSR count). The highest BCUT2D eigenvalue weighted by Gasteiger charge is 2.16. The number of nitrogens with one attached hydrogen (secondary N) is 1. The van der Waals surface area contributed by atoms with Gasteiger partial charge in [-0.3, -0.25) is 0 Å². The van der Waals surface area contributed by atoms with Crippen LogP contribution in [0.2, 0.25) is 0 Å². The molecule has 28 heavy (non-hydrogen) atoms. The van der Waals surface area contributed by atoms with Gasteiger partial charge in [-0.15, -0.1) is 5.10 Å². The first-order valence-corrected chi connectivity index (χ1v) is 8.86. The largest absolute Gasteiger partial charge is 0.493 e. The topological polar surface area (TPSA) is 126 Å². The molecule has 0 spiro atoms. The molecule has 0 aliphatic rings. The van der Waals surface area contributed by atoms with Crippen LogP contribution in [0.15, 0.2) is 41.4 Å². The van der Waals surface area contributed by atoms with Crippen molar-refractivity contribution in [2.45, 2.75) is 0 Å². The van der Waals surface area contributed by atoms with Crippen molar-refractivity contribution in [2.24, 2.45) is 0 Å². The minimum absolute atomic E-state index is 0.169. The smallest absolute Gasteiger partial charge is 0.248 e. The second-order valence-corrected chi connectivity index (χ2v) is 6.43. The van der Waals surface area contributed by atoms with Gasteiger partial charge in [0.25, 0.3) is 0 Å². The average molecular weight is 443 g/mol. The number of fused-ring (bicyclic) bond motifs is 1. The Kier molecular flexibility index (Phi) is 4.65. The second kappa shape index (κ2) is 7.27. The van der Waals surface area contributed by atoms with E-state index in [1.807, 2.05) is 6.07 Å². The minimum atomic E-state index is 0.169. The van der Waals surface area contributed by atoms with Crippen LogP contribution in [-0.4, -0.2) is 43.9 Å². The van der Waals surface area contributed by atoms with Gasteiger partial charge in [0.15, 0.2) is 17.3 Å². The van der Waals surface area contributed by atoms with E-state index < -0.39 is 0 Å². The second-order valence-electron chi connectivity index (χ2n) is 5.62. The maximum absolute atomic E-state index is 6.08. The van der Waals surface area contributed by atoms with Crippen LogP contribution in [0.25, 0.3) is 16.7 Å². The first-order valence-electron chi connectivity index (χ1n) is 8.07. The quantitative estimate of drug-likeness (QED) is 0.448. The summed E-state index contributed by atoms with van der Waals surface area (Å²) in [5.41, 5.74) is 7.46. The highest BCUT2D eigenvalue weighted by molar-refractivity contribution is 9.10. The molecule has 11 heteroatoms. The van der Waals surface area contributed by atoms with E-state index in [2.05, 4.69) is 46.3 Å².